The van der Waals surface area contributed by atoms with Gasteiger partial charge in [0.25, 0.3) is 0 Å². The average molecular weight is 80.7 g/mol. The topological polar surface area (TPSA) is 38.0 Å². The predicted molar refractivity (Wildman–Crippen MR) is 28.6 cm³/mol. The Morgan fingerprint density at radius 3 is 2.67 bits per heavy atom. The van der Waals surface area contributed by atoms with Crippen LogP contribution in [0.3, 0.4) is 0 Å². The number of hydrogen-bond acceptors (Lipinski definition) is 2. The molecule has 0 saturated heterocycles. The minimum absolute atomic E-state index is 0.633. The fraction of sp³-hybridized carbons (Fsp3) is 1.00. The van der Waals surface area contributed by atoms with E-state index in [0.717, 1.165) is 6.54 Å². The minimum Gasteiger partial charge on any atom is -0.368 e. The molecule has 0 bridgehead atoms. The molecule has 0 fully saturated rings. The van der Waals surface area contributed by atoms with Gasteiger partial charge in [0.1, 0.15) is 7.31 Å². The molecular formula is C2H7B2N2. The molecule has 0 aromatic rings. The van der Waals surface area contributed by atoms with E-state index in [1.54, 1.807) is 0 Å². The van der Waals surface area contributed by atoms with E-state index >= 15 is 0 Å². The molecular weight excluding hydrogens is 73.7 g/mol. The fourth-order valence-corrected chi connectivity index (χ4v) is 0.167. The van der Waals surface area contributed by atoms with Gasteiger partial charge in [-0.05, 0) is 6.54 Å². The largest absolute Gasteiger partial charge is 0.368 e. The Bertz CT molecular complexity index is 21.5. The third-order valence-corrected chi connectivity index (χ3v) is 0.407. The molecule has 2 nitrogen and oxygen atoms in total. The molecule has 0 aromatic carbocycles. The lowest BCUT2D eigenvalue weighted by molar-refractivity contribution is 0.905. The van der Waals surface area contributed by atoms with Crippen LogP contribution in [0.15, 0.2) is 0 Å². The van der Waals surface area contributed by atoms with Crippen molar-refractivity contribution >= 4 is 15.0 Å². The van der Waals surface area contributed by atoms with Gasteiger partial charge in [-0.2, -0.15) is 0 Å². The summed E-state index contributed by atoms with van der Waals surface area (Å²) in [6.45, 7) is 1.39. The smallest absolute Gasteiger partial charge is 0.144 e. The van der Waals surface area contributed by atoms with Crippen LogP contribution >= 0.6 is 0 Å². The maximum absolute atomic E-state index is 5.08. The van der Waals surface area contributed by atoms with Gasteiger partial charge in [0.05, 0.1) is 0 Å². The van der Waals surface area contributed by atoms with Gasteiger partial charge in [0, 0.05) is 14.3 Å². The van der Waals surface area contributed by atoms with E-state index < -0.39 is 0 Å². The minimum atomic E-state index is 0.633. The lowest BCUT2D eigenvalue weighted by atomic mass is 9.67. The first-order valence-corrected chi connectivity index (χ1v) is 1.88. The summed E-state index contributed by atoms with van der Waals surface area (Å²) in [6, 6.07) is 0. The fourth-order valence-electron chi connectivity index (χ4n) is 0.167. The second-order valence-electron chi connectivity index (χ2n) is 0.909. The highest BCUT2D eigenvalue weighted by Gasteiger charge is 1.73. The van der Waals surface area contributed by atoms with E-state index in [2.05, 4.69) is 5.23 Å². The Labute approximate surface area is 40.1 Å². The second kappa shape index (κ2) is 5.05. The summed E-state index contributed by atoms with van der Waals surface area (Å²) in [5.74, 6) is 0. The summed E-state index contributed by atoms with van der Waals surface area (Å²) < 4.78 is 0. The van der Waals surface area contributed by atoms with Crippen molar-refractivity contribution in [3.05, 3.63) is 0 Å². The molecule has 0 aliphatic heterocycles. The van der Waals surface area contributed by atoms with Crippen molar-refractivity contribution in [2.24, 2.45) is 5.73 Å². The SMILES string of the molecule is [B][B]NCCN. The molecule has 0 rings (SSSR count). The number of nitrogens with two attached hydrogens (primary N) is 1. The number of hydrogen-bond donors (Lipinski definition) is 2. The Kier molecular flexibility index (Phi) is 5.09. The summed E-state index contributed by atoms with van der Waals surface area (Å²) in [6.07, 6.45) is 0. The van der Waals surface area contributed by atoms with E-state index in [9.17, 15) is 0 Å². The normalized spacial score (nSPS) is 8.17. The third-order valence-electron chi connectivity index (χ3n) is 0.407. The molecule has 0 aromatic heterocycles. The molecule has 0 atom stereocenters. The number of rotatable bonds is 3. The molecule has 0 unspecified atom stereocenters. The summed E-state index contributed by atoms with van der Waals surface area (Å²) in [4.78, 5) is 0. The number of nitrogens with one attached hydrogen (secondary N) is 1. The van der Waals surface area contributed by atoms with Crippen LogP contribution < -0.4 is 11.0 Å². The van der Waals surface area contributed by atoms with Crippen molar-refractivity contribution in [1.29, 1.82) is 0 Å². The second-order valence-corrected chi connectivity index (χ2v) is 0.909. The van der Waals surface area contributed by atoms with Gasteiger partial charge in [-0.15, -0.1) is 0 Å². The molecule has 0 saturated carbocycles. The van der Waals surface area contributed by atoms with Crippen LogP contribution in [0, 0.1) is 0 Å². The molecule has 0 aliphatic rings. The molecule has 0 heterocycles. The summed E-state index contributed by atoms with van der Waals surface area (Å²) >= 11 is 0. The van der Waals surface area contributed by atoms with E-state index in [1.165, 1.54) is 7.31 Å². The Balaban J connectivity index is 2.34. The van der Waals surface area contributed by atoms with Crippen molar-refractivity contribution in [3.8, 4) is 0 Å². The van der Waals surface area contributed by atoms with Crippen molar-refractivity contribution in [2.45, 2.75) is 0 Å². The van der Waals surface area contributed by atoms with Crippen LogP contribution in [-0.4, -0.2) is 28.1 Å². The van der Waals surface area contributed by atoms with Gasteiger partial charge >= 0.3 is 0 Å². The van der Waals surface area contributed by atoms with Gasteiger partial charge in [-0.3, -0.25) is 0 Å². The van der Waals surface area contributed by atoms with Crippen LogP contribution in [-0.2, 0) is 0 Å². The summed E-state index contributed by atoms with van der Waals surface area (Å²) in [5.41, 5.74) is 5.08. The summed E-state index contributed by atoms with van der Waals surface area (Å²) in [7, 11) is 6.30. The van der Waals surface area contributed by atoms with Crippen molar-refractivity contribution in [2.75, 3.05) is 13.1 Å². The molecule has 31 valence electrons. The van der Waals surface area contributed by atoms with Gasteiger partial charge in [0.2, 0.25) is 0 Å². The van der Waals surface area contributed by atoms with Gasteiger partial charge < -0.3 is 11.0 Å². The molecule has 0 aliphatic carbocycles. The zero-order valence-electron chi connectivity index (χ0n) is 3.65. The summed E-state index contributed by atoms with van der Waals surface area (Å²) in [5, 5.41) is 2.73. The average Bonchev–Trinajstić information content (AvgIpc) is 1.61. The van der Waals surface area contributed by atoms with Gasteiger partial charge in [-0.25, -0.2) is 0 Å². The van der Waals surface area contributed by atoms with Gasteiger partial charge in [0.15, 0.2) is 0 Å². The van der Waals surface area contributed by atoms with E-state index in [0.29, 0.717) is 6.54 Å². The lowest BCUT2D eigenvalue weighted by Gasteiger charge is -1.91. The third kappa shape index (κ3) is 4.05. The van der Waals surface area contributed by atoms with Crippen molar-refractivity contribution < 1.29 is 0 Å². The molecule has 3 N–H and O–H groups in total. The zero-order valence-corrected chi connectivity index (χ0v) is 3.65. The van der Waals surface area contributed by atoms with Crippen molar-refractivity contribution in [1.82, 2.24) is 5.23 Å². The molecule has 4 heteroatoms. The van der Waals surface area contributed by atoms with E-state index in [-0.39, 0.29) is 0 Å². The van der Waals surface area contributed by atoms with Crippen LogP contribution in [0.1, 0.15) is 0 Å². The van der Waals surface area contributed by atoms with Crippen LogP contribution in [0.2, 0.25) is 0 Å². The Morgan fingerprint density at radius 1 is 1.83 bits per heavy atom. The Morgan fingerprint density at radius 2 is 2.50 bits per heavy atom. The van der Waals surface area contributed by atoms with E-state index in [4.69, 9.17) is 13.5 Å². The highest BCUT2D eigenvalue weighted by Crippen LogP contribution is 1.41. The lowest BCUT2D eigenvalue weighted by Crippen LogP contribution is -2.26. The maximum Gasteiger partial charge on any atom is 0.144 e. The first-order valence-electron chi connectivity index (χ1n) is 1.88. The maximum atomic E-state index is 5.08. The van der Waals surface area contributed by atoms with Crippen LogP contribution in [0.4, 0.5) is 0 Å². The van der Waals surface area contributed by atoms with Crippen LogP contribution in [0.5, 0.6) is 0 Å². The molecule has 0 spiro atoms. The van der Waals surface area contributed by atoms with E-state index in [1.807, 2.05) is 0 Å². The highest BCUT2D eigenvalue weighted by atomic mass is 14.8. The Hall–Kier alpha value is 0.0499. The molecule has 3 radical (unpaired) electrons. The van der Waals surface area contributed by atoms with Gasteiger partial charge in [-0.1, -0.05) is 0 Å². The van der Waals surface area contributed by atoms with Crippen LogP contribution in [0.25, 0.3) is 0 Å². The molecule has 0 amide bonds. The first-order chi connectivity index (χ1) is 2.91. The first kappa shape index (κ1) is 6.05. The molecule has 6 heavy (non-hydrogen) atoms. The predicted octanol–water partition coefficient (Wildman–Crippen LogP) is -1.76. The van der Waals surface area contributed by atoms with Crippen molar-refractivity contribution in [3.63, 3.8) is 0 Å². The highest BCUT2D eigenvalue weighted by molar-refractivity contribution is 6.87. The standard InChI is InChI=1S/C2H7B2N2/c3-4-6-2-1-5/h6H,1-2,5H2. The quantitative estimate of drug-likeness (QED) is 0.311. The zero-order chi connectivity index (χ0) is 4.83. The monoisotopic (exact) mass is 81.1 g/mol.